The second-order valence-corrected chi connectivity index (χ2v) is 10.3. The Hall–Kier alpha value is -5.32. The number of carbonyl (C=O) groups is 2. The number of nitrogens with zero attached hydrogens (tertiary/aromatic N) is 4. The van der Waals surface area contributed by atoms with Crippen molar-refractivity contribution >= 4 is 28.5 Å². The van der Waals surface area contributed by atoms with Gasteiger partial charge in [-0.2, -0.15) is 5.10 Å². The highest BCUT2D eigenvalue weighted by Gasteiger charge is 2.25. The van der Waals surface area contributed by atoms with Gasteiger partial charge in [0.1, 0.15) is 17.2 Å². The molecule has 0 unspecified atom stereocenters. The van der Waals surface area contributed by atoms with Crippen LogP contribution in [0.2, 0.25) is 0 Å². The van der Waals surface area contributed by atoms with E-state index < -0.39 is 17.8 Å². The van der Waals surface area contributed by atoms with Gasteiger partial charge < -0.3 is 21.1 Å². The van der Waals surface area contributed by atoms with Crippen molar-refractivity contribution in [2.24, 2.45) is 5.73 Å². The van der Waals surface area contributed by atoms with Gasteiger partial charge in [0.25, 0.3) is 5.91 Å². The summed E-state index contributed by atoms with van der Waals surface area (Å²) in [6.07, 6.45) is 3.13. The number of halogens is 1. The maximum absolute atomic E-state index is 15.6. The fourth-order valence-electron chi connectivity index (χ4n) is 4.29. The number of anilines is 1. The molecule has 3 amide bonds. The minimum atomic E-state index is -0.929. The largest absolute Gasteiger partial charge is 0.457 e. The molecule has 0 fully saturated rings. The number of benzene rings is 2. The lowest BCUT2D eigenvalue weighted by Crippen LogP contribution is -2.21. The predicted octanol–water partition coefficient (Wildman–Crippen LogP) is 5.56. The van der Waals surface area contributed by atoms with Crippen LogP contribution in [-0.4, -0.2) is 38.7 Å². The molecule has 10 nitrogen and oxygen atoms in total. The van der Waals surface area contributed by atoms with E-state index in [9.17, 15) is 9.59 Å². The van der Waals surface area contributed by atoms with Crippen LogP contribution in [0.15, 0.2) is 73.1 Å². The highest BCUT2D eigenvalue weighted by molar-refractivity contribution is 5.94. The number of nitrogens with two attached hydrogens (primary N) is 1. The van der Waals surface area contributed by atoms with Crippen LogP contribution in [0.1, 0.15) is 37.0 Å². The van der Waals surface area contributed by atoms with Gasteiger partial charge in [-0.05, 0) is 42.5 Å². The summed E-state index contributed by atoms with van der Waals surface area (Å²) in [5.74, 6) is -0.781. The summed E-state index contributed by atoms with van der Waals surface area (Å²) in [7, 11) is 1.49. The fraction of sp³-hybridized carbons (Fsp3) is 0.167. The van der Waals surface area contributed by atoms with Gasteiger partial charge >= 0.3 is 6.03 Å². The van der Waals surface area contributed by atoms with Crippen LogP contribution in [0.4, 0.5) is 14.9 Å². The Morgan fingerprint density at radius 3 is 2.51 bits per heavy atom. The molecule has 208 valence electrons. The van der Waals surface area contributed by atoms with Gasteiger partial charge in [-0.15, -0.1) is 0 Å². The van der Waals surface area contributed by atoms with Crippen molar-refractivity contribution < 1.29 is 18.7 Å². The van der Waals surface area contributed by atoms with Crippen LogP contribution in [0, 0.1) is 5.82 Å². The average molecular weight is 554 g/mol. The number of primary amides is 1. The third kappa shape index (κ3) is 5.69. The van der Waals surface area contributed by atoms with Crippen LogP contribution >= 0.6 is 0 Å². The van der Waals surface area contributed by atoms with E-state index in [0.717, 1.165) is 22.7 Å². The molecule has 0 radical (unpaired) electrons. The molecule has 11 heteroatoms. The minimum absolute atomic E-state index is 0.120. The summed E-state index contributed by atoms with van der Waals surface area (Å²) >= 11 is 0. The Balaban J connectivity index is 1.70. The Labute approximate surface area is 235 Å². The molecule has 4 N–H and O–H groups in total. The average Bonchev–Trinajstić information content (AvgIpc) is 3.40. The molecule has 0 spiro atoms. The van der Waals surface area contributed by atoms with Crippen molar-refractivity contribution in [1.29, 1.82) is 0 Å². The number of rotatable bonds is 6. The fourth-order valence-corrected chi connectivity index (χ4v) is 4.29. The molecule has 0 aliphatic carbocycles. The smallest absolute Gasteiger partial charge is 0.316 e. The molecule has 0 saturated heterocycles. The number of nitrogens with one attached hydrogen (secondary N) is 2. The predicted molar refractivity (Wildman–Crippen MR) is 154 cm³/mol. The van der Waals surface area contributed by atoms with Crippen molar-refractivity contribution in [2.75, 3.05) is 12.4 Å². The first-order valence-corrected chi connectivity index (χ1v) is 12.8. The van der Waals surface area contributed by atoms with Crippen molar-refractivity contribution in [2.45, 2.75) is 26.2 Å². The van der Waals surface area contributed by atoms with Crippen molar-refractivity contribution in [3.63, 3.8) is 0 Å². The lowest BCUT2D eigenvalue weighted by Gasteiger charge is -2.16. The molecule has 0 bridgehead atoms. The van der Waals surface area contributed by atoms with Crippen LogP contribution in [0.5, 0.6) is 11.5 Å². The highest BCUT2D eigenvalue weighted by atomic mass is 19.1. The van der Waals surface area contributed by atoms with Gasteiger partial charge in [0.15, 0.2) is 5.82 Å². The number of hydrogen-bond donors (Lipinski definition) is 3. The van der Waals surface area contributed by atoms with E-state index in [0.29, 0.717) is 11.4 Å². The molecule has 3 heterocycles. The van der Waals surface area contributed by atoms with Gasteiger partial charge in [-0.25, -0.2) is 13.9 Å². The molecule has 5 rings (SSSR count). The quantitative estimate of drug-likeness (QED) is 0.252. The summed E-state index contributed by atoms with van der Waals surface area (Å²) in [4.78, 5) is 32.4. The molecule has 2 aromatic carbocycles. The van der Waals surface area contributed by atoms with E-state index in [1.165, 1.54) is 19.3 Å². The second kappa shape index (κ2) is 10.7. The Morgan fingerprint density at radius 2 is 1.78 bits per heavy atom. The summed E-state index contributed by atoms with van der Waals surface area (Å²) in [6, 6.07) is 16.1. The molecule has 0 aliphatic heterocycles. The number of carbonyl (C=O) groups excluding carboxylic acids is 2. The zero-order chi connectivity index (χ0) is 29.3. The molecule has 0 atom stereocenters. The zero-order valence-corrected chi connectivity index (χ0v) is 22.9. The number of pyridine rings is 2. The third-order valence-electron chi connectivity index (χ3n) is 6.32. The first-order valence-electron chi connectivity index (χ1n) is 12.8. The van der Waals surface area contributed by atoms with E-state index >= 15 is 4.39 Å². The maximum Gasteiger partial charge on any atom is 0.316 e. The summed E-state index contributed by atoms with van der Waals surface area (Å²) < 4.78 is 23.3. The third-order valence-corrected chi connectivity index (χ3v) is 6.32. The number of hydrogen-bond acceptors (Lipinski definition) is 6. The van der Waals surface area contributed by atoms with Crippen molar-refractivity contribution in [3.05, 3.63) is 90.3 Å². The number of amides is 3. The van der Waals surface area contributed by atoms with Crippen LogP contribution in [0.25, 0.3) is 27.8 Å². The van der Waals surface area contributed by atoms with Gasteiger partial charge in [0.2, 0.25) is 0 Å². The van der Waals surface area contributed by atoms with E-state index in [1.54, 1.807) is 23.0 Å². The molecule has 0 saturated carbocycles. The van der Waals surface area contributed by atoms with Crippen LogP contribution in [0.3, 0.4) is 0 Å². The van der Waals surface area contributed by atoms with Gasteiger partial charge in [0.05, 0.1) is 28.3 Å². The van der Waals surface area contributed by atoms with Crippen molar-refractivity contribution in [1.82, 2.24) is 25.1 Å². The number of ether oxygens (including phenoxy) is 1. The maximum atomic E-state index is 15.6. The first-order chi connectivity index (χ1) is 19.5. The molecule has 0 aliphatic rings. The summed E-state index contributed by atoms with van der Waals surface area (Å²) in [5.41, 5.74) is 8.11. The molecular formula is C30H28FN7O3. The SMILES string of the molecule is CNC(=O)c1cc(Oc2cc(F)c(NC(N)=O)c(-c3cc(C(C)(C)C)nn3-c3ccc4ncccc4c3)c2)ccn1. The number of fused-ring (bicyclic) bond motifs is 1. The molecule has 41 heavy (non-hydrogen) atoms. The van der Waals surface area contributed by atoms with Crippen LogP contribution in [-0.2, 0) is 5.41 Å². The Morgan fingerprint density at radius 1 is 0.976 bits per heavy atom. The van der Waals surface area contributed by atoms with Gasteiger partial charge in [-0.1, -0.05) is 26.8 Å². The van der Waals surface area contributed by atoms with Crippen molar-refractivity contribution in [3.8, 4) is 28.4 Å². The van der Waals surface area contributed by atoms with Gasteiger partial charge in [-0.3, -0.25) is 14.8 Å². The topological polar surface area (TPSA) is 137 Å². The lowest BCUT2D eigenvalue weighted by atomic mass is 9.92. The summed E-state index contributed by atoms with van der Waals surface area (Å²) in [6.45, 7) is 6.05. The highest BCUT2D eigenvalue weighted by Crippen LogP contribution is 2.39. The standard InChI is InChI=1S/C30H28FN7O3/c1-30(2,3)26-16-25(38(37-26)18-7-8-23-17(12-18)6-5-10-34-23)21-13-20(14-22(31)27(21)36-29(32)40)41-19-9-11-35-24(15-19)28(39)33-4/h5-16H,1-4H3,(H,33,39)(H3,32,36,40). The van der Waals surface area contributed by atoms with E-state index in [-0.39, 0.29) is 33.9 Å². The Bertz CT molecular complexity index is 1790. The Kier molecular flexibility index (Phi) is 7.10. The summed E-state index contributed by atoms with van der Waals surface area (Å²) in [5, 5.41) is 10.7. The lowest BCUT2D eigenvalue weighted by molar-refractivity contribution is 0.0957. The zero-order valence-electron chi connectivity index (χ0n) is 22.9. The first kappa shape index (κ1) is 27.3. The van der Waals surface area contributed by atoms with Gasteiger partial charge in [0, 0.05) is 47.9 Å². The molecule has 3 aromatic heterocycles. The minimum Gasteiger partial charge on any atom is -0.457 e. The van der Waals surface area contributed by atoms with E-state index in [2.05, 4.69) is 20.6 Å². The van der Waals surface area contributed by atoms with E-state index in [4.69, 9.17) is 15.6 Å². The molecular weight excluding hydrogens is 525 g/mol. The monoisotopic (exact) mass is 553 g/mol. The normalized spacial score (nSPS) is 11.3. The number of aromatic nitrogens is 4. The van der Waals surface area contributed by atoms with E-state index in [1.807, 2.05) is 57.2 Å². The number of urea groups is 1. The molecule has 5 aromatic rings. The second-order valence-electron chi connectivity index (χ2n) is 10.3. The van der Waals surface area contributed by atoms with Crippen LogP contribution < -0.4 is 21.1 Å².